The Kier molecular flexibility index (Phi) is 7.85. The molecule has 1 N–H and O–H groups in total. The predicted molar refractivity (Wildman–Crippen MR) is 120 cm³/mol. The van der Waals surface area contributed by atoms with E-state index in [1.54, 1.807) is 30.1 Å². The molecule has 32 heavy (non-hydrogen) atoms. The van der Waals surface area contributed by atoms with Crippen LogP contribution in [0.1, 0.15) is 59.7 Å². The Bertz CT molecular complexity index is 1010. The van der Waals surface area contributed by atoms with Crippen LogP contribution >= 0.6 is 11.6 Å². The van der Waals surface area contributed by atoms with Crippen LogP contribution in [-0.2, 0) is 9.53 Å². The van der Waals surface area contributed by atoms with Gasteiger partial charge in [-0.15, -0.1) is 0 Å². The van der Waals surface area contributed by atoms with Gasteiger partial charge in [-0.05, 0) is 50.1 Å². The van der Waals surface area contributed by atoms with Gasteiger partial charge >= 0.3 is 5.97 Å². The molecule has 0 bridgehead atoms. The molecule has 1 aliphatic carbocycles. The molecule has 6 nitrogen and oxygen atoms in total. The summed E-state index contributed by atoms with van der Waals surface area (Å²) in [5.74, 6) is -2.47. The largest absolute Gasteiger partial charge is 0.449 e. The van der Waals surface area contributed by atoms with Crippen LogP contribution in [-0.4, -0.2) is 41.9 Å². The minimum absolute atomic E-state index is 0.0769. The predicted octanol–water partition coefficient (Wildman–Crippen LogP) is 5.07. The first kappa shape index (κ1) is 23.7. The van der Waals surface area contributed by atoms with Gasteiger partial charge in [-0.25, -0.2) is 9.18 Å². The number of rotatable bonds is 6. The molecule has 1 aliphatic rings. The molecule has 1 saturated carbocycles. The summed E-state index contributed by atoms with van der Waals surface area (Å²) in [6.45, 7) is 1.37. The molecule has 2 aromatic rings. The quantitative estimate of drug-likeness (QED) is 0.611. The highest BCUT2D eigenvalue weighted by Gasteiger charge is 2.28. The van der Waals surface area contributed by atoms with Crippen molar-refractivity contribution in [2.75, 3.05) is 12.4 Å². The number of benzene rings is 2. The first-order valence-electron chi connectivity index (χ1n) is 10.6. The number of carbonyl (C=O) groups excluding carboxylic acids is 3. The van der Waals surface area contributed by atoms with Gasteiger partial charge in [0.15, 0.2) is 6.10 Å². The zero-order chi connectivity index (χ0) is 23.3. The van der Waals surface area contributed by atoms with Gasteiger partial charge in [-0.1, -0.05) is 43.0 Å². The third-order valence-corrected chi connectivity index (χ3v) is 5.90. The normalized spacial score (nSPS) is 15.0. The molecular weight excluding hydrogens is 435 g/mol. The van der Waals surface area contributed by atoms with Crippen LogP contribution in [0.15, 0.2) is 42.5 Å². The van der Waals surface area contributed by atoms with Crippen LogP contribution in [0, 0.1) is 5.82 Å². The zero-order valence-corrected chi connectivity index (χ0v) is 18.8. The van der Waals surface area contributed by atoms with E-state index in [0.29, 0.717) is 0 Å². The molecule has 1 unspecified atom stereocenters. The van der Waals surface area contributed by atoms with Gasteiger partial charge in [0, 0.05) is 18.1 Å². The van der Waals surface area contributed by atoms with E-state index in [2.05, 4.69) is 5.32 Å². The molecule has 170 valence electrons. The summed E-state index contributed by atoms with van der Waals surface area (Å²) < 4.78 is 19.2. The minimum Gasteiger partial charge on any atom is -0.449 e. The van der Waals surface area contributed by atoms with E-state index in [4.69, 9.17) is 16.3 Å². The molecule has 1 fully saturated rings. The van der Waals surface area contributed by atoms with Gasteiger partial charge in [0.25, 0.3) is 11.8 Å². The van der Waals surface area contributed by atoms with Crippen molar-refractivity contribution in [1.29, 1.82) is 0 Å². The molecule has 2 amide bonds. The Morgan fingerprint density at radius 2 is 1.75 bits per heavy atom. The van der Waals surface area contributed by atoms with Gasteiger partial charge in [0.1, 0.15) is 5.82 Å². The Labute approximate surface area is 191 Å². The average Bonchev–Trinajstić information content (AvgIpc) is 2.80. The van der Waals surface area contributed by atoms with Gasteiger partial charge in [0.05, 0.1) is 16.8 Å². The fraction of sp³-hybridized carbons (Fsp3) is 0.375. The van der Waals surface area contributed by atoms with Crippen molar-refractivity contribution in [3.05, 3.63) is 64.4 Å². The first-order valence-corrected chi connectivity index (χ1v) is 11.0. The van der Waals surface area contributed by atoms with E-state index in [1.165, 1.54) is 31.5 Å². The van der Waals surface area contributed by atoms with Crippen LogP contribution in [0.4, 0.5) is 10.1 Å². The minimum atomic E-state index is -1.21. The van der Waals surface area contributed by atoms with Gasteiger partial charge in [-0.2, -0.15) is 0 Å². The molecule has 0 spiro atoms. The van der Waals surface area contributed by atoms with E-state index in [1.807, 2.05) is 0 Å². The molecule has 0 saturated heterocycles. The number of amides is 2. The number of anilines is 1. The molecule has 0 aliphatic heterocycles. The Balaban J connectivity index is 1.69. The summed E-state index contributed by atoms with van der Waals surface area (Å²) in [7, 11) is 1.75. The van der Waals surface area contributed by atoms with Crippen LogP contribution in [0.2, 0.25) is 5.02 Å². The SMILES string of the molecule is CC(OC(=O)c1ccccc1C(=O)N(C)C1CCCCC1)C(=O)Nc1ccc(Cl)cc1F. The molecule has 3 rings (SSSR count). The second-order valence-electron chi connectivity index (χ2n) is 7.91. The van der Waals surface area contributed by atoms with Gasteiger partial charge in [0.2, 0.25) is 0 Å². The number of ether oxygens (including phenoxy) is 1. The second kappa shape index (κ2) is 10.6. The maximum Gasteiger partial charge on any atom is 0.339 e. The highest BCUT2D eigenvalue weighted by molar-refractivity contribution is 6.30. The number of hydrogen-bond donors (Lipinski definition) is 1. The van der Waals surface area contributed by atoms with E-state index in [-0.39, 0.29) is 33.8 Å². The maximum absolute atomic E-state index is 13.9. The molecule has 0 aromatic heterocycles. The van der Waals surface area contributed by atoms with Crippen molar-refractivity contribution in [3.63, 3.8) is 0 Å². The summed E-state index contributed by atoms with van der Waals surface area (Å²) in [4.78, 5) is 39.9. The van der Waals surface area contributed by atoms with Crippen LogP contribution in [0.5, 0.6) is 0 Å². The monoisotopic (exact) mass is 460 g/mol. The van der Waals surface area contributed by atoms with E-state index < -0.39 is 23.8 Å². The number of hydrogen-bond acceptors (Lipinski definition) is 4. The molecule has 0 heterocycles. The summed E-state index contributed by atoms with van der Waals surface area (Å²) in [6.07, 6.45) is 3.98. The third-order valence-electron chi connectivity index (χ3n) is 5.66. The summed E-state index contributed by atoms with van der Waals surface area (Å²) >= 11 is 5.71. The van der Waals surface area contributed by atoms with Crippen LogP contribution in [0.3, 0.4) is 0 Å². The zero-order valence-electron chi connectivity index (χ0n) is 18.1. The lowest BCUT2D eigenvalue weighted by atomic mass is 9.94. The topological polar surface area (TPSA) is 75.7 Å². The molecule has 1 atom stereocenters. The number of esters is 1. The summed E-state index contributed by atoms with van der Waals surface area (Å²) in [6, 6.07) is 10.3. The van der Waals surface area contributed by atoms with Crippen molar-refractivity contribution in [3.8, 4) is 0 Å². The summed E-state index contributed by atoms with van der Waals surface area (Å²) in [5.41, 5.74) is 0.228. The van der Waals surface area contributed by atoms with Gasteiger partial charge in [-0.3, -0.25) is 9.59 Å². The van der Waals surface area contributed by atoms with E-state index in [0.717, 1.165) is 31.7 Å². The standard InChI is InChI=1S/C24H26ClFN2O4/c1-15(22(29)27-21-13-12-16(25)14-20(21)26)32-24(31)19-11-7-6-10-18(19)23(30)28(2)17-8-4-3-5-9-17/h6-7,10-15,17H,3-5,8-9H2,1-2H3,(H,27,29). The number of nitrogens with zero attached hydrogens (tertiary/aromatic N) is 1. The lowest BCUT2D eigenvalue weighted by Gasteiger charge is -2.31. The maximum atomic E-state index is 13.9. The number of halogens is 2. The third kappa shape index (κ3) is 5.65. The van der Waals surface area contributed by atoms with Crippen molar-refractivity contribution >= 4 is 35.1 Å². The van der Waals surface area contributed by atoms with Gasteiger partial charge < -0.3 is 15.0 Å². The molecule has 2 aromatic carbocycles. The fourth-order valence-electron chi connectivity index (χ4n) is 3.77. The lowest BCUT2D eigenvalue weighted by molar-refractivity contribution is -0.123. The molecule has 0 radical (unpaired) electrons. The fourth-order valence-corrected chi connectivity index (χ4v) is 3.93. The second-order valence-corrected chi connectivity index (χ2v) is 8.35. The smallest absolute Gasteiger partial charge is 0.339 e. The number of nitrogens with one attached hydrogen (secondary N) is 1. The highest BCUT2D eigenvalue weighted by Crippen LogP contribution is 2.24. The Hall–Kier alpha value is -2.93. The summed E-state index contributed by atoms with van der Waals surface area (Å²) in [5, 5.41) is 2.56. The average molecular weight is 461 g/mol. The van der Waals surface area contributed by atoms with E-state index in [9.17, 15) is 18.8 Å². The van der Waals surface area contributed by atoms with Crippen molar-refractivity contribution in [1.82, 2.24) is 4.90 Å². The Morgan fingerprint density at radius 3 is 2.41 bits per heavy atom. The van der Waals surface area contributed by atoms with Crippen molar-refractivity contribution < 1.29 is 23.5 Å². The van der Waals surface area contributed by atoms with Crippen LogP contribution in [0.25, 0.3) is 0 Å². The van der Waals surface area contributed by atoms with Crippen LogP contribution < -0.4 is 5.32 Å². The first-order chi connectivity index (χ1) is 15.3. The molecular formula is C24H26ClFN2O4. The van der Waals surface area contributed by atoms with Crippen molar-refractivity contribution in [2.45, 2.75) is 51.2 Å². The molecule has 8 heteroatoms. The van der Waals surface area contributed by atoms with Crippen molar-refractivity contribution in [2.24, 2.45) is 0 Å². The Morgan fingerprint density at radius 1 is 1.09 bits per heavy atom. The highest BCUT2D eigenvalue weighted by atomic mass is 35.5. The lowest BCUT2D eigenvalue weighted by Crippen LogP contribution is -2.39. The van der Waals surface area contributed by atoms with E-state index >= 15 is 0 Å². The number of carbonyl (C=O) groups is 3.